The van der Waals surface area contributed by atoms with Crippen LogP contribution in [0.4, 0.5) is 4.79 Å². The van der Waals surface area contributed by atoms with Crippen LogP contribution in [-0.2, 0) is 16.1 Å². The number of primary amides is 1. The summed E-state index contributed by atoms with van der Waals surface area (Å²) >= 11 is 0. The Hall–Kier alpha value is -2.51. The largest absolute Gasteiger partial charge is 0.480 e. The normalized spacial score (nSPS) is 11.6. The van der Waals surface area contributed by atoms with Crippen molar-refractivity contribution >= 4 is 17.9 Å². The molecule has 19 heavy (non-hydrogen) atoms. The number of carboxylic acids is 1. The Morgan fingerprint density at radius 3 is 2.68 bits per heavy atom. The lowest BCUT2D eigenvalue weighted by atomic mass is 10.1. The summed E-state index contributed by atoms with van der Waals surface area (Å²) in [7, 11) is 0. The number of carbonyl (C=O) groups excluding carboxylic acids is 2. The van der Waals surface area contributed by atoms with Crippen LogP contribution in [0.2, 0.25) is 0 Å². The van der Waals surface area contributed by atoms with E-state index in [-0.39, 0.29) is 19.4 Å². The summed E-state index contributed by atoms with van der Waals surface area (Å²) in [5, 5.41) is 13.6. The molecule has 0 aliphatic rings. The molecule has 0 spiro atoms. The number of nitrogens with two attached hydrogens (primary N) is 1. The molecule has 1 aromatic rings. The second kappa shape index (κ2) is 7.04. The van der Waals surface area contributed by atoms with E-state index in [0.717, 1.165) is 5.56 Å². The molecule has 0 fully saturated rings. The summed E-state index contributed by atoms with van der Waals surface area (Å²) in [4.78, 5) is 32.9. The Bertz CT molecular complexity index is 443. The highest BCUT2D eigenvalue weighted by molar-refractivity contribution is 5.83. The highest BCUT2D eigenvalue weighted by Gasteiger charge is 2.20. The zero-order valence-electron chi connectivity index (χ0n) is 10.1. The first-order chi connectivity index (χ1) is 8.99. The van der Waals surface area contributed by atoms with Gasteiger partial charge in [0.2, 0.25) is 5.91 Å². The van der Waals surface area contributed by atoms with Gasteiger partial charge in [-0.05, 0) is 12.5 Å². The standard InChI is InChI=1S/C11H15N3O5/c12-9(15)2-1-8(10(16)17)14-11(18)13-5-7-3-4-19-6-7/h3-4,6,8H,1-2,5H2,(H2,12,15)(H,16,17)(H2,13,14,18). The molecule has 0 aromatic carbocycles. The maximum atomic E-state index is 11.5. The predicted octanol–water partition coefficient (Wildman–Crippen LogP) is -0.202. The van der Waals surface area contributed by atoms with Gasteiger partial charge in [-0.2, -0.15) is 0 Å². The number of furan rings is 1. The molecule has 8 nitrogen and oxygen atoms in total. The number of aliphatic carboxylic acids is 1. The van der Waals surface area contributed by atoms with E-state index in [0.29, 0.717) is 0 Å². The molecule has 1 rings (SSSR count). The molecular formula is C11H15N3O5. The molecule has 0 bridgehead atoms. The van der Waals surface area contributed by atoms with Crippen LogP contribution in [-0.4, -0.2) is 29.1 Å². The van der Waals surface area contributed by atoms with Crippen molar-refractivity contribution in [3.63, 3.8) is 0 Å². The van der Waals surface area contributed by atoms with E-state index >= 15 is 0 Å². The lowest BCUT2D eigenvalue weighted by Gasteiger charge is -2.14. The number of hydrogen-bond acceptors (Lipinski definition) is 4. The summed E-state index contributed by atoms with van der Waals surface area (Å²) in [6.07, 6.45) is 2.76. The monoisotopic (exact) mass is 269 g/mol. The third-order valence-corrected chi connectivity index (χ3v) is 2.32. The number of rotatable bonds is 7. The van der Waals surface area contributed by atoms with Gasteiger partial charge in [0.25, 0.3) is 0 Å². The second-order valence-corrected chi connectivity index (χ2v) is 3.85. The van der Waals surface area contributed by atoms with Gasteiger partial charge in [0.05, 0.1) is 12.5 Å². The molecule has 8 heteroatoms. The van der Waals surface area contributed by atoms with Gasteiger partial charge in [-0.25, -0.2) is 9.59 Å². The van der Waals surface area contributed by atoms with Crippen molar-refractivity contribution in [2.24, 2.45) is 5.73 Å². The van der Waals surface area contributed by atoms with Crippen LogP contribution in [0.1, 0.15) is 18.4 Å². The molecule has 104 valence electrons. The van der Waals surface area contributed by atoms with Gasteiger partial charge in [-0.3, -0.25) is 4.79 Å². The molecule has 1 aromatic heterocycles. The van der Waals surface area contributed by atoms with Crippen LogP contribution in [0.5, 0.6) is 0 Å². The van der Waals surface area contributed by atoms with E-state index in [9.17, 15) is 14.4 Å². The highest BCUT2D eigenvalue weighted by atomic mass is 16.4. The third kappa shape index (κ3) is 5.57. The molecule has 3 amide bonds. The second-order valence-electron chi connectivity index (χ2n) is 3.85. The third-order valence-electron chi connectivity index (χ3n) is 2.32. The summed E-state index contributed by atoms with van der Waals surface area (Å²) in [6.45, 7) is 0.213. The molecule has 5 N–H and O–H groups in total. The number of nitrogens with one attached hydrogen (secondary N) is 2. The lowest BCUT2D eigenvalue weighted by Crippen LogP contribution is -2.46. The van der Waals surface area contributed by atoms with Crippen LogP contribution in [0.15, 0.2) is 23.0 Å². The SMILES string of the molecule is NC(=O)CCC(NC(=O)NCc1ccoc1)C(=O)O. The first-order valence-corrected chi connectivity index (χ1v) is 5.55. The molecule has 1 unspecified atom stereocenters. The van der Waals surface area contributed by atoms with E-state index in [2.05, 4.69) is 10.6 Å². The summed E-state index contributed by atoms with van der Waals surface area (Å²) in [5.74, 6) is -1.84. The average molecular weight is 269 g/mol. The summed E-state index contributed by atoms with van der Waals surface area (Å²) < 4.78 is 4.81. The molecule has 0 aliphatic heterocycles. The van der Waals surface area contributed by atoms with Crippen molar-refractivity contribution in [1.82, 2.24) is 10.6 Å². The fourth-order valence-corrected chi connectivity index (χ4v) is 1.33. The number of urea groups is 1. The molecular weight excluding hydrogens is 254 g/mol. The number of carbonyl (C=O) groups is 3. The quantitative estimate of drug-likeness (QED) is 0.543. The summed E-state index contributed by atoms with van der Waals surface area (Å²) in [6, 6.07) is -0.128. The van der Waals surface area contributed by atoms with Gasteiger partial charge in [-0.1, -0.05) is 0 Å². The van der Waals surface area contributed by atoms with Crippen molar-refractivity contribution in [3.8, 4) is 0 Å². The van der Waals surface area contributed by atoms with Gasteiger partial charge in [0, 0.05) is 18.5 Å². The first-order valence-electron chi connectivity index (χ1n) is 5.55. The van der Waals surface area contributed by atoms with E-state index in [1.165, 1.54) is 12.5 Å². The van der Waals surface area contributed by atoms with E-state index in [1.807, 2.05) is 0 Å². The van der Waals surface area contributed by atoms with Crippen LogP contribution >= 0.6 is 0 Å². The van der Waals surface area contributed by atoms with Crippen molar-refractivity contribution in [2.75, 3.05) is 0 Å². The average Bonchev–Trinajstić information content (AvgIpc) is 2.84. The number of hydrogen-bond donors (Lipinski definition) is 4. The Balaban J connectivity index is 2.38. The highest BCUT2D eigenvalue weighted by Crippen LogP contribution is 2.00. The number of amides is 3. The first kappa shape index (κ1) is 14.6. The van der Waals surface area contributed by atoms with Gasteiger partial charge in [0.15, 0.2) is 0 Å². The van der Waals surface area contributed by atoms with E-state index in [1.54, 1.807) is 6.07 Å². The zero-order valence-corrected chi connectivity index (χ0v) is 10.1. The molecule has 1 heterocycles. The van der Waals surface area contributed by atoms with Crippen LogP contribution in [0.25, 0.3) is 0 Å². The van der Waals surface area contributed by atoms with Crippen molar-refractivity contribution in [2.45, 2.75) is 25.4 Å². The number of carboxylic acid groups (broad SMARTS) is 1. The minimum atomic E-state index is -1.22. The Kier molecular flexibility index (Phi) is 5.39. The fourth-order valence-electron chi connectivity index (χ4n) is 1.33. The van der Waals surface area contributed by atoms with Gasteiger partial charge in [-0.15, -0.1) is 0 Å². The van der Waals surface area contributed by atoms with Crippen LogP contribution < -0.4 is 16.4 Å². The summed E-state index contributed by atoms with van der Waals surface area (Å²) in [5.41, 5.74) is 5.67. The predicted molar refractivity (Wildman–Crippen MR) is 63.9 cm³/mol. The van der Waals surface area contributed by atoms with Gasteiger partial charge >= 0.3 is 12.0 Å². The minimum absolute atomic E-state index is 0.0518. The smallest absolute Gasteiger partial charge is 0.326 e. The molecule has 0 saturated heterocycles. The van der Waals surface area contributed by atoms with Crippen molar-refractivity contribution in [1.29, 1.82) is 0 Å². The zero-order chi connectivity index (χ0) is 14.3. The van der Waals surface area contributed by atoms with Crippen LogP contribution in [0.3, 0.4) is 0 Å². The van der Waals surface area contributed by atoms with Gasteiger partial charge < -0.3 is 25.9 Å². The Morgan fingerprint density at radius 1 is 1.42 bits per heavy atom. The van der Waals surface area contributed by atoms with Crippen molar-refractivity contribution in [3.05, 3.63) is 24.2 Å². The maximum absolute atomic E-state index is 11.5. The van der Waals surface area contributed by atoms with Crippen LogP contribution in [0, 0.1) is 0 Å². The minimum Gasteiger partial charge on any atom is -0.480 e. The van der Waals surface area contributed by atoms with E-state index in [4.69, 9.17) is 15.3 Å². The molecule has 1 atom stereocenters. The Labute approximate surface area is 108 Å². The molecule has 0 saturated carbocycles. The maximum Gasteiger partial charge on any atom is 0.326 e. The topological polar surface area (TPSA) is 135 Å². The van der Waals surface area contributed by atoms with Gasteiger partial charge in [0.1, 0.15) is 6.04 Å². The molecule has 0 aliphatic carbocycles. The Morgan fingerprint density at radius 2 is 2.16 bits per heavy atom. The fraction of sp³-hybridized carbons (Fsp3) is 0.364. The molecule has 0 radical (unpaired) electrons. The lowest BCUT2D eigenvalue weighted by molar-refractivity contribution is -0.139. The van der Waals surface area contributed by atoms with Crippen molar-refractivity contribution < 1.29 is 23.9 Å². The van der Waals surface area contributed by atoms with E-state index < -0.39 is 23.9 Å².